The lowest BCUT2D eigenvalue weighted by molar-refractivity contribution is 0.253. The maximum Gasteiger partial charge on any atom is 0.225 e. The highest BCUT2D eigenvalue weighted by atomic mass is 79.9. The van der Waals surface area contributed by atoms with Gasteiger partial charge in [-0.05, 0) is 25.5 Å². The van der Waals surface area contributed by atoms with Crippen molar-refractivity contribution in [3.05, 3.63) is 18.5 Å². The van der Waals surface area contributed by atoms with Crippen LogP contribution in [0.5, 0.6) is 0 Å². The summed E-state index contributed by atoms with van der Waals surface area (Å²) in [5.74, 6) is 0.868. The number of piperazine rings is 1. The van der Waals surface area contributed by atoms with Crippen LogP contribution in [0.2, 0.25) is 0 Å². The topological polar surface area (TPSA) is 32.3 Å². The molecule has 1 saturated heterocycles. The lowest BCUT2D eigenvalue weighted by Crippen LogP contribution is -2.47. The largest absolute Gasteiger partial charge is 0.338 e. The Morgan fingerprint density at radius 1 is 1.00 bits per heavy atom. The van der Waals surface area contributed by atoms with Gasteiger partial charge in [-0.1, -0.05) is 15.9 Å². The summed E-state index contributed by atoms with van der Waals surface area (Å²) >= 11 is 3.47. The van der Waals surface area contributed by atoms with Crippen molar-refractivity contribution in [2.45, 2.75) is 12.8 Å². The van der Waals surface area contributed by atoms with Crippen LogP contribution in [-0.4, -0.2) is 52.9 Å². The number of alkyl halides is 1. The quantitative estimate of drug-likeness (QED) is 0.499. The van der Waals surface area contributed by atoms with Gasteiger partial charge in [-0.15, -0.1) is 34.0 Å². The first-order chi connectivity index (χ1) is 8.40. The normalized spacial score (nSPS) is 15.5. The van der Waals surface area contributed by atoms with Gasteiger partial charge in [-0.25, -0.2) is 9.97 Å². The van der Waals surface area contributed by atoms with Crippen molar-refractivity contribution >= 4 is 55.8 Å². The van der Waals surface area contributed by atoms with E-state index >= 15 is 0 Å². The van der Waals surface area contributed by atoms with Gasteiger partial charge in [0, 0.05) is 43.9 Å². The van der Waals surface area contributed by atoms with E-state index in [-0.39, 0.29) is 34.0 Å². The van der Waals surface area contributed by atoms with Crippen LogP contribution in [0.4, 0.5) is 5.95 Å². The summed E-state index contributed by atoms with van der Waals surface area (Å²) in [6.07, 6.45) is 6.17. The highest BCUT2D eigenvalue weighted by molar-refractivity contribution is 9.09. The second-order valence-corrected chi connectivity index (χ2v) is 5.07. The van der Waals surface area contributed by atoms with Crippen LogP contribution >= 0.6 is 49.9 Å². The standard InChI is InChI=1S/C12H19BrN4.2BrH/c13-4-1-2-7-16-8-10-17(11-9-16)12-14-5-3-6-15-12;;/h3,5-6H,1-2,4,7-11H2;2*1H. The van der Waals surface area contributed by atoms with E-state index in [2.05, 4.69) is 35.7 Å². The van der Waals surface area contributed by atoms with E-state index in [0.29, 0.717) is 0 Å². The van der Waals surface area contributed by atoms with Crippen LogP contribution in [0.25, 0.3) is 0 Å². The molecule has 0 radical (unpaired) electrons. The summed E-state index contributed by atoms with van der Waals surface area (Å²) in [5, 5.41) is 1.12. The molecule has 110 valence electrons. The highest BCUT2D eigenvalue weighted by Gasteiger charge is 2.17. The minimum Gasteiger partial charge on any atom is -0.338 e. The van der Waals surface area contributed by atoms with Gasteiger partial charge in [0.2, 0.25) is 5.95 Å². The average Bonchev–Trinajstić information content (AvgIpc) is 2.41. The Balaban J connectivity index is 0.00000162. The average molecular weight is 461 g/mol. The first-order valence-corrected chi connectivity index (χ1v) is 7.32. The first kappa shape index (κ1) is 19.3. The number of aromatic nitrogens is 2. The third kappa shape index (κ3) is 6.51. The van der Waals surface area contributed by atoms with Crippen LogP contribution in [0, 0.1) is 0 Å². The van der Waals surface area contributed by atoms with E-state index in [4.69, 9.17) is 0 Å². The van der Waals surface area contributed by atoms with Gasteiger partial charge in [0.05, 0.1) is 0 Å². The molecule has 0 unspecified atom stereocenters. The maximum atomic E-state index is 4.29. The number of anilines is 1. The number of hydrogen-bond acceptors (Lipinski definition) is 4. The van der Waals surface area contributed by atoms with Crippen LogP contribution < -0.4 is 4.90 Å². The Kier molecular flexibility index (Phi) is 11.2. The molecule has 2 heterocycles. The Hall–Kier alpha value is 0.280. The molecular formula is C12H21Br3N4. The number of halogens is 3. The Labute approximate surface area is 144 Å². The van der Waals surface area contributed by atoms with Crippen molar-refractivity contribution in [2.75, 3.05) is 43.0 Å². The fourth-order valence-corrected chi connectivity index (χ4v) is 2.45. The second-order valence-electron chi connectivity index (χ2n) is 4.27. The zero-order valence-electron chi connectivity index (χ0n) is 10.9. The fraction of sp³-hybridized carbons (Fsp3) is 0.667. The van der Waals surface area contributed by atoms with E-state index in [1.807, 2.05) is 18.5 Å². The molecule has 1 fully saturated rings. The number of nitrogens with zero attached hydrogens (tertiary/aromatic N) is 4. The molecule has 7 heteroatoms. The van der Waals surface area contributed by atoms with Crippen molar-refractivity contribution in [3.8, 4) is 0 Å². The molecule has 1 aromatic rings. The van der Waals surface area contributed by atoms with Crippen LogP contribution in [0.15, 0.2) is 18.5 Å². The molecule has 1 aliphatic rings. The molecule has 0 spiro atoms. The van der Waals surface area contributed by atoms with Gasteiger partial charge in [-0.3, -0.25) is 4.90 Å². The summed E-state index contributed by atoms with van der Waals surface area (Å²) in [6, 6.07) is 1.86. The van der Waals surface area contributed by atoms with Gasteiger partial charge in [0.15, 0.2) is 0 Å². The molecule has 2 rings (SSSR count). The Morgan fingerprint density at radius 2 is 1.63 bits per heavy atom. The molecular weight excluding hydrogens is 440 g/mol. The van der Waals surface area contributed by atoms with Crippen molar-refractivity contribution in [2.24, 2.45) is 0 Å². The third-order valence-electron chi connectivity index (χ3n) is 3.07. The number of hydrogen-bond donors (Lipinski definition) is 0. The maximum absolute atomic E-state index is 4.29. The van der Waals surface area contributed by atoms with E-state index in [1.165, 1.54) is 19.4 Å². The summed E-state index contributed by atoms with van der Waals surface area (Å²) in [6.45, 7) is 5.55. The van der Waals surface area contributed by atoms with Crippen molar-refractivity contribution < 1.29 is 0 Å². The van der Waals surface area contributed by atoms with E-state index < -0.39 is 0 Å². The van der Waals surface area contributed by atoms with Gasteiger partial charge < -0.3 is 4.90 Å². The van der Waals surface area contributed by atoms with E-state index in [0.717, 1.165) is 37.5 Å². The lowest BCUT2D eigenvalue weighted by atomic mass is 10.2. The molecule has 1 aliphatic heterocycles. The van der Waals surface area contributed by atoms with Crippen LogP contribution in [0.3, 0.4) is 0 Å². The minimum absolute atomic E-state index is 0. The molecule has 0 N–H and O–H groups in total. The fourth-order valence-electron chi connectivity index (χ4n) is 2.06. The number of rotatable bonds is 5. The molecule has 19 heavy (non-hydrogen) atoms. The predicted molar refractivity (Wildman–Crippen MR) is 94.4 cm³/mol. The summed E-state index contributed by atoms with van der Waals surface area (Å²) < 4.78 is 0. The number of unbranched alkanes of at least 4 members (excludes halogenated alkanes) is 1. The summed E-state index contributed by atoms with van der Waals surface area (Å²) in [5.41, 5.74) is 0. The lowest BCUT2D eigenvalue weighted by Gasteiger charge is -2.34. The molecule has 1 aromatic heterocycles. The first-order valence-electron chi connectivity index (χ1n) is 6.20. The zero-order valence-corrected chi connectivity index (χ0v) is 15.9. The van der Waals surface area contributed by atoms with Gasteiger partial charge >= 0.3 is 0 Å². The SMILES string of the molecule is Br.Br.BrCCCCN1CCN(c2ncccn2)CC1. The molecule has 0 saturated carbocycles. The Morgan fingerprint density at radius 3 is 2.21 bits per heavy atom. The van der Waals surface area contributed by atoms with Crippen LogP contribution in [0.1, 0.15) is 12.8 Å². The molecule has 0 aliphatic carbocycles. The van der Waals surface area contributed by atoms with Gasteiger partial charge in [0.25, 0.3) is 0 Å². The summed E-state index contributed by atoms with van der Waals surface area (Å²) in [4.78, 5) is 13.4. The van der Waals surface area contributed by atoms with Crippen molar-refractivity contribution in [3.63, 3.8) is 0 Å². The smallest absolute Gasteiger partial charge is 0.225 e. The monoisotopic (exact) mass is 458 g/mol. The predicted octanol–water partition coefficient (Wildman–Crippen LogP) is 2.93. The van der Waals surface area contributed by atoms with Crippen LogP contribution in [-0.2, 0) is 0 Å². The van der Waals surface area contributed by atoms with Crippen molar-refractivity contribution in [1.82, 2.24) is 14.9 Å². The van der Waals surface area contributed by atoms with E-state index in [9.17, 15) is 0 Å². The zero-order chi connectivity index (χ0) is 11.9. The molecule has 4 nitrogen and oxygen atoms in total. The van der Waals surface area contributed by atoms with Gasteiger partial charge in [0.1, 0.15) is 0 Å². The summed E-state index contributed by atoms with van der Waals surface area (Å²) in [7, 11) is 0. The molecule has 0 aromatic carbocycles. The molecule has 0 atom stereocenters. The minimum atomic E-state index is 0. The highest BCUT2D eigenvalue weighted by Crippen LogP contribution is 2.10. The van der Waals surface area contributed by atoms with Gasteiger partial charge in [-0.2, -0.15) is 0 Å². The van der Waals surface area contributed by atoms with E-state index in [1.54, 1.807) is 0 Å². The third-order valence-corrected chi connectivity index (χ3v) is 3.63. The second kappa shape index (κ2) is 11.0. The Bertz CT molecular complexity index is 318. The molecule has 0 bridgehead atoms. The van der Waals surface area contributed by atoms with Crippen molar-refractivity contribution in [1.29, 1.82) is 0 Å². The molecule has 0 amide bonds.